The smallest absolute Gasteiger partial charge is 0.347 e. The molecule has 0 amide bonds. The summed E-state index contributed by atoms with van der Waals surface area (Å²) >= 11 is 0. The lowest BCUT2D eigenvalue weighted by atomic mass is 10.1. The fourth-order valence-corrected chi connectivity index (χ4v) is 3.67. The summed E-state index contributed by atoms with van der Waals surface area (Å²) in [5, 5.41) is 0.452. The van der Waals surface area contributed by atoms with E-state index in [1.54, 1.807) is 30.3 Å². The van der Waals surface area contributed by atoms with Gasteiger partial charge in [-0.1, -0.05) is 36.4 Å². The van der Waals surface area contributed by atoms with Gasteiger partial charge in [0.25, 0.3) is 0 Å². The van der Waals surface area contributed by atoms with Crippen LogP contribution >= 0.6 is 0 Å². The number of methoxy groups -OCH3 is 2. The first-order chi connectivity index (χ1) is 17.4. The summed E-state index contributed by atoms with van der Waals surface area (Å²) in [5.74, 6) is -1.24. The first-order valence-corrected chi connectivity index (χ1v) is 11.1. The molecule has 182 valence electrons. The van der Waals surface area contributed by atoms with Crippen LogP contribution in [-0.2, 0) is 25.6 Å². The van der Waals surface area contributed by atoms with Crippen LogP contribution < -0.4 is 10.5 Å². The van der Waals surface area contributed by atoms with Gasteiger partial charge >= 0.3 is 17.6 Å². The maximum absolute atomic E-state index is 12.3. The maximum Gasteiger partial charge on any atom is 0.347 e. The Morgan fingerprint density at radius 2 is 1.56 bits per heavy atom. The van der Waals surface area contributed by atoms with E-state index in [2.05, 4.69) is 19.4 Å². The molecule has 0 spiro atoms. The zero-order valence-electron chi connectivity index (χ0n) is 20.1. The third-order valence-corrected chi connectivity index (χ3v) is 5.61. The molecule has 0 N–H and O–H groups in total. The largest absolute Gasteiger partial charge is 0.465 e. The molecule has 4 aromatic rings. The van der Waals surface area contributed by atoms with Gasteiger partial charge in [0, 0.05) is 24.8 Å². The van der Waals surface area contributed by atoms with Gasteiger partial charge in [0.05, 0.1) is 25.1 Å². The van der Waals surface area contributed by atoms with Crippen molar-refractivity contribution in [1.29, 1.82) is 0 Å². The van der Waals surface area contributed by atoms with Crippen molar-refractivity contribution in [3.05, 3.63) is 99.9 Å². The topological polar surface area (TPSA) is 98.9 Å². The van der Waals surface area contributed by atoms with Crippen molar-refractivity contribution in [3.63, 3.8) is 0 Å². The third-order valence-electron chi connectivity index (χ3n) is 5.61. The number of hydrogen-bond acceptors (Lipinski definition) is 8. The molecule has 36 heavy (non-hydrogen) atoms. The molecule has 0 aliphatic rings. The molecule has 0 saturated heterocycles. The van der Waals surface area contributed by atoms with Crippen LogP contribution in [0.3, 0.4) is 0 Å². The number of carbonyl (C=O) groups excluding carboxylic acids is 2. The second kappa shape index (κ2) is 10.7. The van der Waals surface area contributed by atoms with Gasteiger partial charge in [0.1, 0.15) is 5.57 Å². The molecule has 0 aliphatic heterocycles. The fraction of sp³-hybridized carbons (Fsp3) is 0.143. The molecule has 8 heteroatoms. The first-order valence-electron chi connectivity index (χ1n) is 11.1. The second-order valence-electron chi connectivity index (χ2n) is 8.01. The summed E-state index contributed by atoms with van der Waals surface area (Å²) in [7, 11) is 4.37. The van der Waals surface area contributed by atoms with Crippen LogP contribution in [0.5, 0.6) is 0 Å². The van der Waals surface area contributed by atoms with Gasteiger partial charge in [0.15, 0.2) is 0 Å². The number of hydrogen-bond donors (Lipinski definition) is 0. The average molecular weight is 485 g/mol. The summed E-state index contributed by atoms with van der Waals surface area (Å²) in [6.07, 6.45) is 1.43. The van der Waals surface area contributed by atoms with Crippen molar-refractivity contribution >= 4 is 34.6 Å². The van der Waals surface area contributed by atoms with Crippen molar-refractivity contribution in [2.45, 2.75) is 6.54 Å². The molecule has 8 nitrogen and oxygen atoms in total. The number of rotatable bonds is 7. The minimum atomic E-state index is -0.760. The second-order valence-corrected chi connectivity index (χ2v) is 8.01. The highest BCUT2D eigenvalue weighted by atomic mass is 16.5. The van der Waals surface area contributed by atoms with Crippen LogP contribution in [0.25, 0.3) is 28.4 Å². The SMILES string of the molecule is COC(=O)C(=Cc1ccc(N(C)Cc2ccc(-c3nc4ccccc4c(=O)o3)cc2)cc1)C(=O)OC. The van der Waals surface area contributed by atoms with Gasteiger partial charge in [-0.3, -0.25) is 0 Å². The number of carbonyl (C=O) groups is 2. The molecule has 1 aromatic heterocycles. The Labute approximate surface area is 207 Å². The van der Waals surface area contributed by atoms with E-state index in [4.69, 9.17) is 4.42 Å². The van der Waals surface area contributed by atoms with Crippen LogP contribution in [0.15, 0.2) is 87.6 Å². The lowest BCUT2D eigenvalue weighted by Gasteiger charge is -2.19. The Bertz CT molecular complexity index is 1470. The molecule has 1 heterocycles. The maximum atomic E-state index is 12.3. The van der Waals surface area contributed by atoms with Gasteiger partial charge < -0.3 is 18.8 Å². The molecule has 0 radical (unpaired) electrons. The van der Waals surface area contributed by atoms with E-state index in [0.29, 0.717) is 28.6 Å². The van der Waals surface area contributed by atoms with Gasteiger partial charge in [-0.15, -0.1) is 0 Å². The Morgan fingerprint density at radius 3 is 2.19 bits per heavy atom. The quantitative estimate of drug-likeness (QED) is 0.166. The molecule has 3 aromatic carbocycles. The van der Waals surface area contributed by atoms with Crippen LogP contribution in [-0.4, -0.2) is 38.2 Å². The van der Waals surface area contributed by atoms with E-state index in [1.807, 2.05) is 49.5 Å². The highest BCUT2D eigenvalue weighted by Crippen LogP contribution is 2.22. The normalized spacial score (nSPS) is 10.5. The van der Waals surface area contributed by atoms with Gasteiger partial charge in [0.2, 0.25) is 5.89 Å². The van der Waals surface area contributed by atoms with E-state index >= 15 is 0 Å². The minimum Gasteiger partial charge on any atom is -0.465 e. The van der Waals surface area contributed by atoms with Crippen molar-refractivity contribution in [2.24, 2.45) is 0 Å². The third kappa shape index (κ3) is 5.33. The number of esters is 2. The molecular weight excluding hydrogens is 460 g/mol. The zero-order valence-corrected chi connectivity index (χ0v) is 20.1. The molecule has 0 fully saturated rings. The van der Waals surface area contributed by atoms with Gasteiger partial charge in [-0.25, -0.2) is 19.4 Å². The predicted octanol–water partition coefficient (Wildman–Crippen LogP) is 4.22. The number of fused-ring (bicyclic) bond motifs is 1. The highest BCUT2D eigenvalue weighted by Gasteiger charge is 2.19. The summed E-state index contributed by atoms with van der Waals surface area (Å²) in [6.45, 7) is 0.625. The lowest BCUT2D eigenvalue weighted by Crippen LogP contribution is -2.16. The van der Waals surface area contributed by atoms with E-state index in [9.17, 15) is 14.4 Å². The fourth-order valence-electron chi connectivity index (χ4n) is 3.67. The van der Waals surface area contributed by atoms with E-state index < -0.39 is 17.6 Å². The van der Waals surface area contributed by atoms with Crippen molar-refractivity contribution < 1.29 is 23.5 Å². The predicted molar refractivity (Wildman–Crippen MR) is 136 cm³/mol. The average Bonchev–Trinajstić information content (AvgIpc) is 2.91. The Morgan fingerprint density at radius 1 is 0.917 bits per heavy atom. The molecule has 0 unspecified atom stereocenters. The summed E-state index contributed by atoms with van der Waals surface area (Å²) < 4.78 is 14.7. The Balaban J connectivity index is 1.48. The summed E-state index contributed by atoms with van der Waals surface area (Å²) in [5.41, 5.74) is 3.36. The number of para-hydroxylation sites is 1. The number of benzene rings is 3. The monoisotopic (exact) mass is 484 g/mol. The van der Waals surface area contributed by atoms with Crippen LogP contribution in [0.1, 0.15) is 11.1 Å². The number of nitrogens with zero attached hydrogens (tertiary/aromatic N) is 2. The molecule has 0 atom stereocenters. The van der Waals surface area contributed by atoms with Crippen molar-refractivity contribution in [3.8, 4) is 11.5 Å². The first kappa shape index (κ1) is 24.4. The zero-order chi connectivity index (χ0) is 25.7. The van der Waals surface area contributed by atoms with Crippen molar-refractivity contribution in [2.75, 3.05) is 26.2 Å². The van der Waals surface area contributed by atoms with E-state index in [1.165, 1.54) is 20.3 Å². The molecular formula is C28H24N2O6. The van der Waals surface area contributed by atoms with E-state index in [-0.39, 0.29) is 11.5 Å². The Hall–Kier alpha value is -4.72. The van der Waals surface area contributed by atoms with Crippen molar-refractivity contribution in [1.82, 2.24) is 4.98 Å². The molecule has 0 bridgehead atoms. The molecule has 0 saturated carbocycles. The summed E-state index contributed by atoms with van der Waals surface area (Å²) in [4.78, 5) is 42.5. The minimum absolute atomic E-state index is 0.182. The van der Waals surface area contributed by atoms with Crippen LogP contribution in [0.4, 0.5) is 5.69 Å². The standard InChI is InChI=1S/C28H24N2O6/c1-30(21-14-10-18(11-15-21)16-23(26(31)34-2)27(32)35-3)17-19-8-12-20(13-9-19)25-29-24-7-5-4-6-22(24)28(33)36-25/h4-16H,17H2,1-3H3. The number of anilines is 1. The van der Waals surface area contributed by atoms with Gasteiger partial charge in [-0.05, 0) is 53.6 Å². The van der Waals surface area contributed by atoms with Crippen LogP contribution in [0.2, 0.25) is 0 Å². The Kier molecular flexibility index (Phi) is 7.25. The van der Waals surface area contributed by atoms with Gasteiger partial charge in [-0.2, -0.15) is 0 Å². The molecule has 4 rings (SSSR count). The van der Waals surface area contributed by atoms with Crippen LogP contribution in [0, 0.1) is 0 Å². The number of ether oxygens (including phenoxy) is 2. The molecule has 0 aliphatic carbocycles. The summed E-state index contributed by atoms with van der Waals surface area (Å²) in [6, 6.07) is 22.1. The highest BCUT2D eigenvalue weighted by molar-refractivity contribution is 6.17. The van der Waals surface area contributed by atoms with E-state index in [0.717, 1.165) is 11.3 Å². The number of aromatic nitrogens is 1. The lowest BCUT2D eigenvalue weighted by molar-refractivity contribution is -0.143.